The molecule has 0 radical (unpaired) electrons. The van der Waals surface area contributed by atoms with Crippen LogP contribution in [0.15, 0.2) is 24.4 Å². The summed E-state index contributed by atoms with van der Waals surface area (Å²) >= 11 is 6.38. The molecule has 2 aromatic rings. The number of pyridine rings is 1. The van der Waals surface area contributed by atoms with Crippen molar-refractivity contribution < 1.29 is 10.0 Å². The number of nitrogens with zero attached hydrogens (tertiary/aromatic N) is 1. The van der Waals surface area contributed by atoms with Gasteiger partial charge in [0.25, 0.3) is 0 Å². The highest BCUT2D eigenvalue weighted by Crippen LogP contribution is 2.30. The Labute approximate surface area is 150 Å². The van der Waals surface area contributed by atoms with Crippen LogP contribution in [0, 0.1) is 0 Å². The molecule has 0 saturated heterocycles. The smallest absolute Gasteiger partial charge is 0.102 e. The first-order valence-electron chi connectivity index (χ1n) is 9.24. The third kappa shape index (κ3) is 5.09. The summed E-state index contributed by atoms with van der Waals surface area (Å²) in [6.07, 6.45) is 9.04. The van der Waals surface area contributed by atoms with Crippen LogP contribution in [0.3, 0.4) is 0 Å². The normalized spacial score (nSPS) is 11.5. The van der Waals surface area contributed by atoms with Crippen LogP contribution in [-0.4, -0.2) is 18.1 Å². The van der Waals surface area contributed by atoms with E-state index >= 15 is 0 Å². The standard InChI is InChI=1S/C20H29ClN2O/c1-3-5-7-12-23(13-8-6-4-2)15-16-14-18(21)17-10-9-11-22-19(17)20(16)24/h9-11,14,24H,3-8,12-13,15H2,1-2H3. The summed E-state index contributed by atoms with van der Waals surface area (Å²) in [6, 6.07) is 5.54. The Morgan fingerprint density at radius 1 is 1.08 bits per heavy atom. The number of fused-ring (bicyclic) bond motifs is 1. The summed E-state index contributed by atoms with van der Waals surface area (Å²) < 4.78 is 0. The van der Waals surface area contributed by atoms with E-state index < -0.39 is 0 Å². The number of unbranched alkanes of at least 4 members (excludes halogenated alkanes) is 4. The summed E-state index contributed by atoms with van der Waals surface area (Å²) in [6.45, 7) is 7.44. The van der Waals surface area contributed by atoms with E-state index in [0.29, 0.717) is 10.5 Å². The highest BCUT2D eigenvalue weighted by molar-refractivity contribution is 6.35. The summed E-state index contributed by atoms with van der Waals surface area (Å²) in [7, 11) is 0. The lowest BCUT2D eigenvalue weighted by Crippen LogP contribution is -3.10. The minimum Gasteiger partial charge on any atom is -0.871 e. The van der Waals surface area contributed by atoms with Gasteiger partial charge in [-0.3, -0.25) is 4.98 Å². The largest absolute Gasteiger partial charge is 0.871 e. The highest BCUT2D eigenvalue weighted by Gasteiger charge is 2.13. The average molecular weight is 349 g/mol. The molecule has 132 valence electrons. The van der Waals surface area contributed by atoms with Gasteiger partial charge < -0.3 is 10.0 Å². The van der Waals surface area contributed by atoms with Gasteiger partial charge in [0.05, 0.1) is 23.6 Å². The Hall–Kier alpha value is -1.32. The molecule has 3 nitrogen and oxygen atoms in total. The van der Waals surface area contributed by atoms with Crippen molar-refractivity contribution in [3.8, 4) is 5.75 Å². The van der Waals surface area contributed by atoms with Gasteiger partial charge in [0.2, 0.25) is 0 Å². The van der Waals surface area contributed by atoms with Gasteiger partial charge in [-0.2, -0.15) is 0 Å². The third-order valence-electron chi connectivity index (χ3n) is 4.58. The van der Waals surface area contributed by atoms with Crippen molar-refractivity contribution in [2.24, 2.45) is 0 Å². The van der Waals surface area contributed by atoms with Gasteiger partial charge in [-0.1, -0.05) is 44.0 Å². The van der Waals surface area contributed by atoms with Gasteiger partial charge in [0.15, 0.2) is 0 Å². The summed E-state index contributed by atoms with van der Waals surface area (Å²) in [4.78, 5) is 5.74. The van der Waals surface area contributed by atoms with Crippen molar-refractivity contribution in [3.05, 3.63) is 35.0 Å². The first kappa shape index (κ1) is 19.0. The van der Waals surface area contributed by atoms with E-state index in [4.69, 9.17) is 11.6 Å². The van der Waals surface area contributed by atoms with Crippen LogP contribution in [0.5, 0.6) is 5.75 Å². The van der Waals surface area contributed by atoms with Crippen LogP contribution < -0.4 is 10.0 Å². The molecule has 4 heteroatoms. The second kappa shape index (κ2) is 9.85. The van der Waals surface area contributed by atoms with Crippen LogP contribution in [0.25, 0.3) is 10.9 Å². The van der Waals surface area contributed by atoms with Crippen molar-refractivity contribution in [1.29, 1.82) is 0 Å². The number of hydrogen-bond acceptors (Lipinski definition) is 2. The zero-order valence-electron chi connectivity index (χ0n) is 14.9. The molecule has 1 heterocycles. The maximum absolute atomic E-state index is 12.7. The molecule has 0 spiro atoms. The molecular formula is C20H29ClN2O. The lowest BCUT2D eigenvalue weighted by Gasteiger charge is -2.23. The van der Waals surface area contributed by atoms with Crippen LogP contribution >= 0.6 is 11.6 Å². The maximum atomic E-state index is 12.7. The molecule has 1 aromatic carbocycles. The third-order valence-corrected chi connectivity index (χ3v) is 4.89. The fourth-order valence-corrected chi connectivity index (χ4v) is 3.46. The maximum Gasteiger partial charge on any atom is 0.102 e. The van der Waals surface area contributed by atoms with Crippen LogP contribution in [-0.2, 0) is 6.54 Å². The van der Waals surface area contributed by atoms with Gasteiger partial charge in [0, 0.05) is 17.1 Å². The van der Waals surface area contributed by atoms with E-state index in [1.165, 1.54) is 43.4 Å². The number of aromatic nitrogens is 1. The molecule has 0 amide bonds. The predicted octanol–water partition coefficient (Wildman–Crippen LogP) is 3.73. The van der Waals surface area contributed by atoms with Gasteiger partial charge >= 0.3 is 0 Å². The monoisotopic (exact) mass is 348 g/mol. The number of halogens is 1. The van der Waals surface area contributed by atoms with Crippen molar-refractivity contribution in [2.45, 2.75) is 58.9 Å². The van der Waals surface area contributed by atoms with Gasteiger partial charge in [0.1, 0.15) is 6.54 Å². The van der Waals surface area contributed by atoms with Crippen molar-refractivity contribution in [1.82, 2.24) is 4.98 Å². The molecule has 0 atom stereocenters. The second-order valence-electron chi connectivity index (χ2n) is 6.59. The molecule has 2 rings (SSSR count). The SMILES string of the molecule is CCCCC[NH+](CCCCC)Cc1cc(Cl)c2cccnc2c1[O-]. The van der Waals surface area contributed by atoms with E-state index in [2.05, 4.69) is 18.8 Å². The molecule has 0 saturated carbocycles. The van der Waals surface area contributed by atoms with E-state index in [1.54, 1.807) is 6.20 Å². The van der Waals surface area contributed by atoms with Crippen LogP contribution in [0.4, 0.5) is 0 Å². The van der Waals surface area contributed by atoms with Gasteiger partial charge in [-0.25, -0.2) is 0 Å². The highest BCUT2D eigenvalue weighted by atomic mass is 35.5. The Balaban J connectivity index is 2.17. The molecule has 1 aromatic heterocycles. The zero-order chi connectivity index (χ0) is 17.4. The lowest BCUT2D eigenvalue weighted by atomic mass is 10.1. The number of quaternary nitrogens is 1. The van der Waals surface area contributed by atoms with E-state index in [-0.39, 0.29) is 5.75 Å². The Morgan fingerprint density at radius 3 is 2.38 bits per heavy atom. The van der Waals surface area contributed by atoms with Crippen LogP contribution in [0.2, 0.25) is 5.02 Å². The quantitative estimate of drug-likeness (QED) is 0.665. The summed E-state index contributed by atoms with van der Waals surface area (Å²) in [5.41, 5.74) is 1.30. The number of hydrogen-bond donors (Lipinski definition) is 1. The minimum atomic E-state index is 0.0403. The molecule has 0 fully saturated rings. The van der Waals surface area contributed by atoms with Crippen LogP contribution in [0.1, 0.15) is 57.9 Å². The molecule has 1 N–H and O–H groups in total. The number of nitrogens with one attached hydrogen (secondary N) is 1. The first-order valence-corrected chi connectivity index (χ1v) is 9.61. The second-order valence-corrected chi connectivity index (χ2v) is 6.99. The number of benzene rings is 1. The van der Waals surface area contributed by atoms with Gasteiger partial charge in [-0.05, 0) is 43.9 Å². The van der Waals surface area contributed by atoms with Gasteiger partial charge in [-0.15, -0.1) is 0 Å². The molecular weight excluding hydrogens is 320 g/mol. The molecule has 0 aliphatic carbocycles. The van der Waals surface area contributed by atoms with E-state index in [9.17, 15) is 5.11 Å². The predicted molar refractivity (Wildman–Crippen MR) is 99.6 cm³/mol. The molecule has 24 heavy (non-hydrogen) atoms. The fourth-order valence-electron chi connectivity index (χ4n) is 3.18. The minimum absolute atomic E-state index is 0.0403. The molecule has 0 unspecified atom stereocenters. The Kier molecular flexibility index (Phi) is 7.80. The van der Waals surface area contributed by atoms with E-state index in [0.717, 1.165) is 30.6 Å². The lowest BCUT2D eigenvalue weighted by molar-refractivity contribution is -0.914. The summed E-state index contributed by atoms with van der Waals surface area (Å²) in [5.74, 6) is 0.0403. The van der Waals surface area contributed by atoms with Crippen molar-refractivity contribution >= 4 is 22.5 Å². The van der Waals surface area contributed by atoms with Crippen molar-refractivity contribution in [2.75, 3.05) is 13.1 Å². The zero-order valence-corrected chi connectivity index (χ0v) is 15.7. The molecule has 0 aliphatic rings. The Bertz CT molecular complexity index is 635. The average Bonchev–Trinajstić information content (AvgIpc) is 2.59. The number of rotatable bonds is 10. The van der Waals surface area contributed by atoms with Crippen molar-refractivity contribution in [3.63, 3.8) is 0 Å². The first-order chi connectivity index (χ1) is 11.7. The molecule has 0 aliphatic heterocycles. The summed E-state index contributed by atoms with van der Waals surface area (Å²) in [5, 5.41) is 14.1. The molecule has 0 bridgehead atoms. The van der Waals surface area contributed by atoms with E-state index in [1.807, 2.05) is 18.2 Å². The fraction of sp³-hybridized carbons (Fsp3) is 0.550. The Morgan fingerprint density at radius 2 is 1.75 bits per heavy atom. The topological polar surface area (TPSA) is 40.4 Å².